The van der Waals surface area contributed by atoms with Gasteiger partial charge in [-0.2, -0.15) is 5.10 Å². The van der Waals surface area contributed by atoms with Gasteiger partial charge in [-0.15, -0.1) is 0 Å². The van der Waals surface area contributed by atoms with E-state index in [-0.39, 0.29) is 11.7 Å². The van der Waals surface area contributed by atoms with Crippen LogP contribution in [0.4, 0.5) is 5.69 Å². The number of nitrogens with zero attached hydrogens (tertiary/aromatic N) is 2. The first-order valence-corrected chi connectivity index (χ1v) is 9.37. The van der Waals surface area contributed by atoms with Crippen LogP contribution in [0.25, 0.3) is 11.3 Å². The second kappa shape index (κ2) is 7.79. The van der Waals surface area contributed by atoms with Crippen molar-refractivity contribution in [3.05, 3.63) is 59.8 Å². The number of hydrogen-bond acceptors (Lipinski definition) is 5. The molecule has 2 heterocycles. The number of benzene rings is 2. The van der Waals surface area contributed by atoms with Crippen LogP contribution in [0, 0.1) is 0 Å². The van der Waals surface area contributed by atoms with Crippen LogP contribution < -0.4 is 14.8 Å². The molecule has 29 heavy (non-hydrogen) atoms. The van der Waals surface area contributed by atoms with Crippen molar-refractivity contribution in [2.75, 3.05) is 18.5 Å². The van der Waals surface area contributed by atoms with E-state index in [0.29, 0.717) is 47.2 Å². The number of carbonyl (C=O) groups excluding carboxylic acids is 2. The molecule has 0 unspecified atom stereocenters. The lowest BCUT2D eigenvalue weighted by Gasteiger charge is -2.10. The fraction of sp³-hybridized carbons (Fsp3) is 0.227. The summed E-state index contributed by atoms with van der Waals surface area (Å²) in [6.45, 7) is 2.69. The van der Waals surface area contributed by atoms with Gasteiger partial charge in [-0.25, -0.2) is 0 Å². The van der Waals surface area contributed by atoms with Crippen LogP contribution in [0.3, 0.4) is 0 Å². The molecule has 1 aliphatic rings. The Balaban J connectivity index is 1.65. The smallest absolute Gasteiger partial charge is 0.259 e. The molecule has 0 spiro atoms. The van der Waals surface area contributed by atoms with E-state index in [0.717, 1.165) is 12.0 Å². The fourth-order valence-electron chi connectivity index (χ4n) is 3.19. The number of ether oxygens (including phenoxy) is 2. The summed E-state index contributed by atoms with van der Waals surface area (Å²) >= 11 is 0. The molecule has 0 atom stereocenters. The minimum atomic E-state index is -0.305. The van der Waals surface area contributed by atoms with Crippen molar-refractivity contribution in [2.24, 2.45) is 7.05 Å². The number of amides is 1. The molecule has 0 saturated carbocycles. The number of fused-ring (bicyclic) bond motifs is 1. The molecule has 1 aromatic heterocycles. The Kier molecular flexibility index (Phi) is 5.03. The van der Waals surface area contributed by atoms with Crippen LogP contribution in [-0.2, 0) is 7.05 Å². The number of nitrogens with one attached hydrogen (secondary N) is 1. The molecule has 0 bridgehead atoms. The van der Waals surface area contributed by atoms with Gasteiger partial charge in [0.1, 0.15) is 5.69 Å². The molecule has 0 fully saturated rings. The molecule has 1 aliphatic heterocycles. The number of hydrogen-bond donors (Lipinski definition) is 1. The van der Waals surface area contributed by atoms with Crippen LogP contribution in [-0.4, -0.2) is 34.7 Å². The van der Waals surface area contributed by atoms with Crippen LogP contribution in [0.1, 0.15) is 34.1 Å². The number of carbonyl (C=O) groups is 2. The van der Waals surface area contributed by atoms with Gasteiger partial charge in [0.15, 0.2) is 17.3 Å². The van der Waals surface area contributed by atoms with Crippen molar-refractivity contribution in [1.29, 1.82) is 0 Å². The molecule has 0 radical (unpaired) electrons. The topological polar surface area (TPSA) is 82.5 Å². The normalized spacial score (nSPS) is 12.9. The van der Waals surface area contributed by atoms with Crippen molar-refractivity contribution in [3.8, 4) is 22.8 Å². The highest BCUT2D eigenvalue weighted by Gasteiger charge is 2.20. The summed E-state index contributed by atoms with van der Waals surface area (Å²) in [5.74, 6) is 0.969. The van der Waals surface area contributed by atoms with Gasteiger partial charge >= 0.3 is 0 Å². The molecule has 7 heteroatoms. The van der Waals surface area contributed by atoms with Crippen molar-refractivity contribution < 1.29 is 19.1 Å². The van der Waals surface area contributed by atoms with Gasteiger partial charge in [-0.1, -0.05) is 12.1 Å². The predicted molar refractivity (Wildman–Crippen MR) is 109 cm³/mol. The largest absolute Gasteiger partial charge is 0.490 e. The van der Waals surface area contributed by atoms with Crippen LogP contribution in [0.5, 0.6) is 11.5 Å². The minimum absolute atomic E-state index is 0.0598. The van der Waals surface area contributed by atoms with E-state index in [1.807, 2.05) is 18.2 Å². The van der Waals surface area contributed by atoms with E-state index in [4.69, 9.17) is 9.47 Å². The zero-order valence-corrected chi connectivity index (χ0v) is 16.3. The summed E-state index contributed by atoms with van der Waals surface area (Å²) in [5.41, 5.74) is 2.82. The average Bonchev–Trinajstić information content (AvgIpc) is 2.95. The zero-order chi connectivity index (χ0) is 20.4. The Morgan fingerprint density at radius 1 is 1.07 bits per heavy atom. The molecule has 1 N–H and O–H groups in total. The van der Waals surface area contributed by atoms with Crippen molar-refractivity contribution in [1.82, 2.24) is 9.78 Å². The van der Waals surface area contributed by atoms with Crippen molar-refractivity contribution in [2.45, 2.75) is 13.3 Å². The van der Waals surface area contributed by atoms with Gasteiger partial charge in [0.25, 0.3) is 5.91 Å². The Bertz CT molecular complexity index is 1090. The second-order valence-corrected chi connectivity index (χ2v) is 6.87. The zero-order valence-electron chi connectivity index (χ0n) is 16.3. The van der Waals surface area contributed by atoms with Gasteiger partial charge in [-0.05, 0) is 37.3 Å². The Morgan fingerprint density at radius 3 is 2.66 bits per heavy atom. The fourth-order valence-corrected chi connectivity index (χ4v) is 3.19. The summed E-state index contributed by atoms with van der Waals surface area (Å²) in [6, 6.07) is 12.4. The quantitative estimate of drug-likeness (QED) is 0.686. The van der Waals surface area contributed by atoms with Gasteiger partial charge in [0, 0.05) is 36.5 Å². The number of Topliss-reactive ketones (excluding diaryl/α,β-unsaturated/α-hetero) is 1. The predicted octanol–water partition coefficient (Wildman–Crippen LogP) is 3.70. The number of aromatic nitrogens is 2. The third-order valence-corrected chi connectivity index (χ3v) is 4.62. The summed E-state index contributed by atoms with van der Waals surface area (Å²) in [7, 11) is 1.76. The molecule has 2 aromatic carbocycles. The molecule has 0 aliphatic carbocycles. The van der Waals surface area contributed by atoms with Gasteiger partial charge in [0.05, 0.1) is 18.8 Å². The van der Waals surface area contributed by atoms with Crippen molar-refractivity contribution in [3.63, 3.8) is 0 Å². The number of anilines is 1. The van der Waals surface area contributed by atoms with E-state index < -0.39 is 0 Å². The Morgan fingerprint density at radius 2 is 1.86 bits per heavy atom. The maximum absolute atomic E-state index is 12.9. The van der Waals surface area contributed by atoms with Gasteiger partial charge < -0.3 is 14.8 Å². The standard InChI is InChI=1S/C22H21N3O4/c1-14(26)15-5-3-6-17(11-15)23-22(27)18-13-25(2)24-21(18)16-7-8-19-20(12-16)29-10-4-9-28-19/h3,5-8,11-13H,4,9-10H2,1-2H3,(H,23,27). The minimum Gasteiger partial charge on any atom is -0.490 e. The number of aryl methyl sites for hydroxylation is 1. The molecule has 1 amide bonds. The summed E-state index contributed by atoms with van der Waals surface area (Å²) in [5, 5.41) is 7.32. The van der Waals surface area contributed by atoms with E-state index in [2.05, 4.69) is 10.4 Å². The second-order valence-electron chi connectivity index (χ2n) is 6.87. The molecule has 0 saturated heterocycles. The highest BCUT2D eigenvalue weighted by molar-refractivity contribution is 6.08. The van der Waals surface area contributed by atoms with Crippen LogP contribution >= 0.6 is 0 Å². The highest BCUT2D eigenvalue weighted by Crippen LogP contribution is 2.35. The first-order chi connectivity index (χ1) is 14.0. The van der Waals surface area contributed by atoms with Gasteiger partial charge in [-0.3, -0.25) is 14.3 Å². The van der Waals surface area contributed by atoms with Crippen molar-refractivity contribution >= 4 is 17.4 Å². The lowest BCUT2D eigenvalue weighted by molar-refractivity contribution is 0.101. The average molecular weight is 391 g/mol. The third kappa shape index (κ3) is 3.99. The first kappa shape index (κ1) is 18.7. The summed E-state index contributed by atoms with van der Waals surface area (Å²) in [6.07, 6.45) is 2.49. The van der Waals surface area contributed by atoms with Gasteiger partial charge in [0.2, 0.25) is 0 Å². The number of rotatable bonds is 4. The Labute approximate surface area is 168 Å². The van der Waals surface area contributed by atoms with E-state index >= 15 is 0 Å². The van der Waals surface area contributed by atoms with E-state index in [1.54, 1.807) is 42.2 Å². The van der Waals surface area contributed by atoms with Crippen LogP contribution in [0.15, 0.2) is 48.7 Å². The molecule has 3 aromatic rings. The van der Waals surface area contributed by atoms with Crippen LogP contribution in [0.2, 0.25) is 0 Å². The molecule has 148 valence electrons. The summed E-state index contributed by atoms with van der Waals surface area (Å²) < 4.78 is 13.0. The molecular weight excluding hydrogens is 370 g/mol. The molecule has 7 nitrogen and oxygen atoms in total. The summed E-state index contributed by atoms with van der Waals surface area (Å²) in [4.78, 5) is 24.5. The maximum Gasteiger partial charge on any atom is 0.259 e. The molecular formula is C22H21N3O4. The SMILES string of the molecule is CC(=O)c1cccc(NC(=O)c2cn(C)nc2-c2ccc3c(c2)OCCCO3)c1. The lowest BCUT2D eigenvalue weighted by atomic mass is 10.1. The lowest BCUT2D eigenvalue weighted by Crippen LogP contribution is -2.12. The molecule has 4 rings (SSSR count). The highest BCUT2D eigenvalue weighted by atomic mass is 16.5. The monoisotopic (exact) mass is 391 g/mol. The third-order valence-electron chi connectivity index (χ3n) is 4.62. The van der Waals surface area contributed by atoms with E-state index in [1.165, 1.54) is 6.92 Å². The van der Waals surface area contributed by atoms with E-state index in [9.17, 15) is 9.59 Å². The Hall–Kier alpha value is -3.61. The first-order valence-electron chi connectivity index (χ1n) is 9.37. The number of ketones is 1. The maximum atomic E-state index is 12.9.